The number of hydrogen-bond donors (Lipinski definition) is 1. The minimum Gasteiger partial charge on any atom is -0.490 e. The smallest absolute Gasteiger partial charge is 0.310 e. The van der Waals surface area contributed by atoms with Crippen LogP contribution in [0.25, 0.3) is 0 Å². The molecule has 1 aliphatic carbocycles. The molecule has 1 aliphatic rings. The summed E-state index contributed by atoms with van der Waals surface area (Å²) in [4.78, 5) is 25.5. The molecule has 0 saturated carbocycles. The Hall–Kier alpha value is -3.60. The van der Waals surface area contributed by atoms with Gasteiger partial charge in [-0.1, -0.05) is 54.1 Å². The molecule has 3 aromatic carbocycles. The Morgan fingerprint density at radius 1 is 0.912 bits per heavy atom. The number of ketones is 1. The van der Waals surface area contributed by atoms with Crippen LogP contribution in [0.4, 0.5) is 0 Å². The molecule has 0 amide bonds. The van der Waals surface area contributed by atoms with Gasteiger partial charge in [-0.25, -0.2) is 0 Å². The molecule has 4 rings (SSSR count). The third-order valence-corrected chi connectivity index (χ3v) is 6.43. The van der Waals surface area contributed by atoms with Gasteiger partial charge in [0.05, 0.1) is 18.6 Å². The number of carboxylic acids is 1. The number of carboxylic acid groups (broad SMARTS) is 1. The molecule has 0 aromatic heterocycles. The fourth-order valence-corrected chi connectivity index (χ4v) is 4.67. The van der Waals surface area contributed by atoms with E-state index >= 15 is 0 Å². The van der Waals surface area contributed by atoms with Gasteiger partial charge < -0.3 is 14.6 Å². The van der Waals surface area contributed by atoms with Crippen molar-refractivity contribution in [1.29, 1.82) is 0 Å². The molecule has 0 fully saturated rings. The van der Waals surface area contributed by atoms with E-state index in [2.05, 4.69) is 25.1 Å². The van der Waals surface area contributed by atoms with Crippen LogP contribution in [-0.4, -0.2) is 30.1 Å². The van der Waals surface area contributed by atoms with Crippen LogP contribution in [0.5, 0.6) is 11.5 Å². The fraction of sp³-hybridized carbons (Fsp3) is 0.310. The van der Waals surface area contributed by atoms with Crippen LogP contribution in [0, 0.1) is 12.3 Å². The number of rotatable bonds is 10. The van der Waals surface area contributed by atoms with Crippen molar-refractivity contribution >= 4 is 11.8 Å². The number of hydrogen-bond acceptors (Lipinski definition) is 4. The van der Waals surface area contributed by atoms with E-state index < -0.39 is 11.4 Å². The van der Waals surface area contributed by atoms with Crippen LogP contribution in [0.3, 0.4) is 0 Å². The average molecular weight is 459 g/mol. The maximum absolute atomic E-state index is 13.3. The van der Waals surface area contributed by atoms with Crippen molar-refractivity contribution in [3.05, 3.63) is 94.5 Å². The zero-order valence-electron chi connectivity index (χ0n) is 19.7. The van der Waals surface area contributed by atoms with Crippen LogP contribution < -0.4 is 9.47 Å². The molecule has 34 heavy (non-hydrogen) atoms. The summed E-state index contributed by atoms with van der Waals surface area (Å²) >= 11 is 0. The Labute approximate surface area is 200 Å². The lowest BCUT2D eigenvalue weighted by Crippen LogP contribution is -2.34. The maximum Gasteiger partial charge on any atom is 0.310 e. The Bertz CT molecular complexity index is 1170. The van der Waals surface area contributed by atoms with E-state index in [0.29, 0.717) is 43.1 Å². The number of carbonyl (C=O) groups is 2. The van der Waals surface area contributed by atoms with E-state index in [9.17, 15) is 14.7 Å². The minimum absolute atomic E-state index is 0.0618. The molecule has 0 atom stereocenters. The van der Waals surface area contributed by atoms with Crippen LogP contribution in [0.1, 0.15) is 46.0 Å². The molecule has 0 saturated heterocycles. The standard InChI is InChI=1S/C29H30O5/c1-3-33-26-12-11-22(16-27(26)34-14-13-21-8-6-7-20(2)15-21)25(30)19-29(28(31)32)17-23-9-4-5-10-24(23)18-29/h4-12,15-16H,3,13-14,17-19H2,1-2H3,(H,31,32). The van der Waals surface area contributed by atoms with Gasteiger partial charge in [0.1, 0.15) is 0 Å². The fourth-order valence-electron chi connectivity index (χ4n) is 4.67. The third-order valence-electron chi connectivity index (χ3n) is 6.43. The summed E-state index contributed by atoms with van der Waals surface area (Å²) in [6.45, 7) is 4.86. The molecule has 176 valence electrons. The summed E-state index contributed by atoms with van der Waals surface area (Å²) in [6, 6.07) is 21.1. The predicted molar refractivity (Wildman–Crippen MR) is 131 cm³/mol. The number of ether oxygens (including phenoxy) is 2. The van der Waals surface area contributed by atoms with E-state index in [1.165, 1.54) is 11.1 Å². The second-order valence-corrected chi connectivity index (χ2v) is 8.99. The van der Waals surface area contributed by atoms with Gasteiger partial charge in [0.2, 0.25) is 0 Å². The topological polar surface area (TPSA) is 72.8 Å². The molecular formula is C29H30O5. The molecule has 3 aromatic rings. The number of aryl methyl sites for hydroxylation is 1. The summed E-state index contributed by atoms with van der Waals surface area (Å²) in [6.07, 6.45) is 1.39. The van der Waals surface area contributed by atoms with Crippen LogP contribution in [0.15, 0.2) is 66.7 Å². The molecule has 0 unspecified atom stereocenters. The van der Waals surface area contributed by atoms with E-state index in [-0.39, 0.29) is 12.2 Å². The molecule has 1 N–H and O–H groups in total. The van der Waals surface area contributed by atoms with Crippen LogP contribution >= 0.6 is 0 Å². The molecular weight excluding hydrogens is 428 g/mol. The largest absolute Gasteiger partial charge is 0.490 e. The van der Waals surface area contributed by atoms with Crippen molar-refractivity contribution in [1.82, 2.24) is 0 Å². The van der Waals surface area contributed by atoms with E-state index in [4.69, 9.17) is 9.47 Å². The lowest BCUT2D eigenvalue weighted by molar-refractivity contribution is -0.148. The van der Waals surface area contributed by atoms with Gasteiger partial charge >= 0.3 is 5.97 Å². The Kier molecular flexibility index (Phi) is 7.01. The Morgan fingerprint density at radius 3 is 2.29 bits per heavy atom. The van der Waals surface area contributed by atoms with Crippen LogP contribution in [-0.2, 0) is 24.1 Å². The molecule has 0 bridgehead atoms. The summed E-state index contributed by atoms with van der Waals surface area (Å²) < 4.78 is 11.7. The second kappa shape index (κ2) is 10.1. The van der Waals surface area contributed by atoms with Gasteiger partial charge in [-0.15, -0.1) is 0 Å². The average Bonchev–Trinajstić information content (AvgIpc) is 3.20. The quantitative estimate of drug-likeness (QED) is 0.409. The first-order chi connectivity index (χ1) is 16.4. The van der Waals surface area contributed by atoms with E-state index in [0.717, 1.165) is 17.5 Å². The maximum atomic E-state index is 13.3. The van der Waals surface area contributed by atoms with Crippen molar-refractivity contribution in [3.63, 3.8) is 0 Å². The molecule has 5 heteroatoms. The minimum atomic E-state index is -1.12. The van der Waals surface area contributed by atoms with Crippen molar-refractivity contribution in [3.8, 4) is 11.5 Å². The summed E-state index contributed by atoms with van der Waals surface area (Å²) in [5.74, 6) is -0.0663. The highest BCUT2D eigenvalue weighted by molar-refractivity contribution is 5.99. The number of aliphatic carboxylic acids is 1. The highest BCUT2D eigenvalue weighted by Crippen LogP contribution is 2.41. The lowest BCUT2D eigenvalue weighted by Gasteiger charge is -2.23. The molecule has 0 aliphatic heterocycles. The number of benzene rings is 3. The van der Waals surface area contributed by atoms with E-state index in [1.54, 1.807) is 18.2 Å². The molecule has 0 heterocycles. The summed E-state index contributed by atoms with van der Waals surface area (Å²) in [7, 11) is 0. The third kappa shape index (κ3) is 5.14. The molecule has 5 nitrogen and oxygen atoms in total. The molecule has 0 spiro atoms. The van der Waals surface area contributed by atoms with Gasteiger partial charge in [0.15, 0.2) is 17.3 Å². The van der Waals surface area contributed by atoms with E-state index in [1.807, 2.05) is 37.3 Å². The number of carbonyl (C=O) groups excluding carboxylic acids is 1. The van der Waals surface area contributed by atoms with Gasteiger partial charge in [0.25, 0.3) is 0 Å². The first-order valence-electron chi connectivity index (χ1n) is 11.7. The Morgan fingerprint density at radius 2 is 1.65 bits per heavy atom. The van der Waals surface area contributed by atoms with Gasteiger partial charge in [-0.2, -0.15) is 0 Å². The highest BCUT2D eigenvalue weighted by Gasteiger charge is 2.45. The molecule has 0 radical (unpaired) electrons. The number of Topliss-reactive ketones (excluding diaryl/α,β-unsaturated/α-hetero) is 1. The monoisotopic (exact) mass is 458 g/mol. The normalized spacial score (nSPS) is 13.8. The van der Waals surface area contributed by atoms with Crippen molar-refractivity contribution in [2.24, 2.45) is 5.41 Å². The highest BCUT2D eigenvalue weighted by atomic mass is 16.5. The number of fused-ring (bicyclic) bond motifs is 1. The zero-order chi connectivity index (χ0) is 24.1. The second-order valence-electron chi connectivity index (χ2n) is 8.99. The first kappa shape index (κ1) is 23.6. The van der Waals surface area contributed by atoms with Gasteiger partial charge in [-0.05, 0) is 61.6 Å². The summed E-state index contributed by atoms with van der Waals surface area (Å²) in [5, 5.41) is 10.0. The first-order valence-corrected chi connectivity index (χ1v) is 11.7. The van der Waals surface area contributed by atoms with Crippen molar-refractivity contribution in [2.75, 3.05) is 13.2 Å². The van der Waals surface area contributed by atoms with Crippen molar-refractivity contribution in [2.45, 2.75) is 39.5 Å². The predicted octanol–water partition coefficient (Wildman–Crippen LogP) is 5.46. The SMILES string of the molecule is CCOc1ccc(C(=O)CC2(C(=O)O)Cc3ccccc3C2)cc1OCCc1cccc(C)c1. The van der Waals surface area contributed by atoms with Gasteiger partial charge in [-0.3, -0.25) is 9.59 Å². The summed E-state index contributed by atoms with van der Waals surface area (Å²) in [5.41, 5.74) is 3.70. The van der Waals surface area contributed by atoms with Crippen LogP contribution in [0.2, 0.25) is 0 Å². The lowest BCUT2D eigenvalue weighted by atomic mass is 9.79. The zero-order valence-corrected chi connectivity index (χ0v) is 19.7. The Balaban J connectivity index is 1.50. The van der Waals surface area contributed by atoms with Crippen molar-refractivity contribution < 1.29 is 24.2 Å². The van der Waals surface area contributed by atoms with Gasteiger partial charge in [0, 0.05) is 18.4 Å².